The fraction of sp³-hybridized carbons (Fsp3) is 0.310. The molecule has 1 fully saturated rings. The molecule has 33 heavy (non-hydrogen) atoms. The summed E-state index contributed by atoms with van der Waals surface area (Å²) < 4.78 is 0. The molecule has 0 N–H and O–H groups in total. The number of allylic oxidation sites excluding steroid dienone is 1. The first-order valence-electron chi connectivity index (χ1n) is 11.8. The normalized spacial score (nSPS) is 15.3. The molecule has 2 aromatic carbocycles. The molecule has 0 radical (unpaired) electrons. The lowest BCUT2D eigenvalue weighted by Crippen LogP contribution is -2.48. The van der Waals surface area contributed by atoms with Gasteiger partial charge in [-0.15, -0.1) is 0 Å². The Bertz CT molecular complexity index is 1220. The monoisotopic (exact) mass is 439 g/mol. The quantitative estimate of drug-likeness (QED) is 0.514. The van der Waals surface area contributed by atoms with Crippen molar-refractivity contribution in [2.24, 2.45) is 0 Å². The van der Waals surface area contributed by atoms with Crippen LogP contribution in [-0.2, 0) is 6.42 Å². The van der Waals surface area contributed by atoms with Gasteiger partial charge in [0, 0.05) is 37.8 Å². The highest BCUT2D eigenvalue weighted by molar-refractivity contribution is 5.85. The summed E-state index contributed by atoms with van der Waals surface area (Å²) in [4.78, 5) is 23.2. The molecule has 4 rings (SSSR count). The molecule has 170 valence electrons. The number of benzene rings is 1. The summed E-state index contributed by atoms with van der Waals surface area (Å²) in [5, 5.41) is 0.658. The zero-order valence-electron chi connectivity index (χ0n) is 19.9. The van der Waals surface area contributed by atoms with Crippen molar-refractivity contribution in [2.75, 3.05) is 31.1 Å². The van der Waals surface area contributed by atoms with Gasteiger partial charge in [0.1, 0.15) is 0 Å². The topological polar surface area (TPSA) is 36.4 Å². The van der Waals surface area contributed by atoms with Crippen LogP contribution in [0.15, 0.2) is 71.7 Å². The van der Waals surface area contributed by atoms with Crippen LogP contribution < -0.4 is 10.3 Å². The first-order valence-corrected chi connectivity index (χ1v) is 11.8. The minimum absolute atomic E-state index is 0.00692. The van der Waals surface area contributed by atoms with Gasteiger partial charge in [-0.2, -0.15) is 0 Å². The zero-order chi connectivity index (χ0) is 23.4. The van der Waals surface area contributed by atoms with E-state index in [0.29, 0.717) is 22.5 Å². The molecule has 4 nitrogen and oxygen atoms in total. The van der Waals surface area contributed by atoms with Gasteiger partial charge < -0.3 is 4.90 Å². The predicted octanol–water partition coefficient (Wildman–Crippen LogP) is 5.41. The number of aromatic nitrogens is 1. The van der Waals surface area contributed by atoms with Crippen LogP contribution in [0.2, 0.25) is 0 Å². The lowest BCUT2D eigenvalue weighted by atomic mass is 10.0. The number of anilines is 1. The van der Waals surface area contributed by atoms with Crippen molar-refractivity contribution in [3.8, 4) is 0 Å². The van der Waals surface area contributed by atoms with Crippen molar-refractivity contribution >= 4 is 28.7 Å². The van der Waals surface area contributed by atoms with E-state index in [4.69, 9.17) is 0 Å². The van der Waals surface area contributed by atoms with E-state index in [0.717, 1.165) is 49.4 Å². The molecule has 0 unspecified atom stereocenters. The minimum atomic E-state index is 0.00692. The fourth-order valence-electron chi connectivity index (χ4n) is 4.53. The summed E-state index contributed by atoms with van der Waals surface area (Å²) in [5.74, 6) is 0. The molecule has 2 heterocycles. The van der Waals surface area contributed by atoms with Crippen LogP contribution in [0, 0.1) is 0 Å². The van der Waals surface area contributed by atoms with Crippen molar-refractivity contribution < 1.29 is 0 Å². The maximum Gasteiger partial charge on any atom is 0.195 e. The van der Waals surface area contributed by atoms with Crippen LogP contribution >= 0.6 is 0 Å². The molecule has 4 heteroatoms. The second-order valence-electron chi connectivity index (χ2n) is 9.13. The fourth-order valence-corrected chi connectivity index (χ4v) is 4.53. The molecule has 0 atom stereocenters. The van der Waals surface area contributed by atoms with E-state index < -0.39 is 0 Å². The summed E-state index contributed by atoms with van der Waals surface area (Å²) in [6.07, 6.45) is 6.47. The average Bonchev–Trinajstić information content (AvgIpc) is 2.96. The third-order valence-corrected chi connectivity index (χ3v) is 6.47. The van der Waals surface area contributed by atoms with Crippen molar-refractivity contribution in [2.45, 2.75) is 33.2 Å². The van der Waals surface area contributed by atoms with Gasteiger partial charge in [-0.25, -0.2) is 0 Å². The molecule has 0 saturated carbocycles. The summed E-state index contributed by atoms with van der Waals surface area (Å²) >= 11 is 0. The second-order valence-corrected chi connectivity index (χ2v) is 9.13. The highest BCUT2D eigenvalue weighted by Gasteiger charge is 2.20. The smallest absolute Gasteiger partial charge is 0.195 e. The number of fused-ring (bicyclic) bond motifs is 1. The maximum atomic E-state index is 13.7. The molecular weight excluding hydrogens is 406 g/mol. The summed E-state index contributed by atoms with van der Waals surface area (Å²) in [6, 6.07) is 16.8. The molecule has 0 amide bonds. The van der Waals surface area contributed by atoms with Gasteiger partial charge in [-0.3, -0.25) is 14.7 Å². The maximum absolute atomic E-state index is 13.7. The molecule has 3 aromatic rings. The Morgan fingerprint density at radius 3 is 2.48 bits per heavy atom. The van der Waals surface area contributed by atoms with E-state index in [1.807, 2.05) is 48.7 Å². The van der Waals surface area contributed by atoms with Gasteiger partial charge in [0.2, 0.25) is 0 Å². The average molecular weight is 440 g/mol. The Morgan fingerprint density at radius 2 is 1.82 bits per heavy atom. The summed E-state index contributed by atoms with van der Waals surface area (Å²) in [6.45, 7) is 14.4. The van der Waals surface area contributed by atoms with Gasteiger partial charge in [-0.05, 0) is 50.5 Å². The number of piperazine rings is 1. The Kier molecular flexibility index (Phi) is 7.05. The highest BCUT2D eigenvalue weighted by Crippen LogP contribution is 2.22. The Balaban J connectivity index is 1.73. The van der Waals surface area contributed by atoms with Crippen LogP contribution in [0.1, 0.15) is 37.5 Å². The van der Waals surface area contributed by atoms with Crippen LogP contribution in [-0.4, -0.2) is 42.1 Å². The van der Waals surface area contributed by atoms with Crippen LogP contribution in [0.5, 0.6) is 0 Å². The number of hydrogen-bond donors (Lipinski definition) is 0. The largest absolute Gasteiger partial charge is 0.368 e. The zero-order valence-corrected chi connectivity index (χ0v) is 19.9. The standard InChI is InChI=1S/C29H33N3O/c1-5-24-11-12-28-27(19-25(20-30-28)32-15-13-31(14-16-32)21(2)3)29(33)26(24)18-22(4)17-23-9-7-6-8-10-23/h5-12,18-21H,1,13-17H2,2-4H3/b22-18+. The number of nitrogens with zero attached hydrogens (tertiary/aromatic N) is 3. The predicted molar refractivity (Wildman–Crippen MR) is 141 cm³/mol. The van der Waals surface area contributed by atoms with E-state index in [1.54, 1.807) is 6.08 Å². The van der Waals surface area contributed by atoms with Gasteiger partial charge in [0.05, 0.1) is 22.8 Å². The first kappa shape index (κ1) is 22.9. The molecule has 0 bridgehead atoms. The lowest BCUT2D eigenvalue weighted by molar-refractivity contribution is 0.209. The Hall–Kier alpha value is -3.24. The van der Waals surface area contributed by atoms with Crippen molar-refractivity contribution in [3.05, 3.63) is 93.8 Å². The van der Waals surface area contributed by atoms with Gasteiger partial charge in [0.25, 0.3) is 0 Å². The Morgan fingerprint density at radius 1 is 1.09 bits per heavy atom. The SMILES string of the molecule is C=Cc1ccc2ncc(N3CCN(C(C)C)CC3)cc2c(=O)c1/C=C(\C)Cc1ccccc1. The van der Waals surface area contributed by atoms with Gasteiger partial charge >= 0.3 is 0 Å². The minimum Gasteiger partial charge on any atom is -0.368 e. The highest BCUT2D eigenvalue weighted by atomic mass is 16.1. The molecule has 1 aromatic heterocycles. The Labute approximate surface area is 196 Å². The van der Waals surface area contributed by atoms with E-state index in [2.05, 4.69) is 54.3 Å². The van der Waals surface area contributed by atoms with E-state index in [9.17, 15) is 4.79 Å². The number of rotatable bonds is 6. The second kappa shape index (κ2) is 10.1. The van der Waals surface area contributed by atoms with Gasteiger partial charge in [-0.1, -0.05) is 60.7 Å². The molecule has 1 saturated heterocycles. The van der Waals surface area contributed by atoms with Crippen molar-refractivity contribution in [3.63, 3.8) is 0 Å². The third-order valence-electron chi connectivity index (χ3n) is 6.47. The number of hydrogen-bond acceptors (Lipinski definition) is 4. The van der Waals surface area contributed by atoms with Crippen molar-refractivity contribution in [1.29, 1.82) is 0 Å². The summed E-state index contributed by atoms with van der Waals surface area (Å²) in [7, 11) is 0. The van der Waals surface area contributed by atoms with E-state index in [1.165, 1.54) is 5.56 Å². The van der Waals surface area contributed by atoms with Crippen molar-refractivity contribution in [1.82, 2.24) is 9.88 Å². The van der Waals surface area contributed by atoms with E-state index in [-0.39, 0.29) is 5.43 Å². The van der Waals surface area contributed by atoms with Crippen LogP contribution in [0.3, 0.4) is 0 Å². The number of pyridine rings is 1. The molecule has 1 aliphatic heterocycles. The molecular formula is C29H33N3O. The first-order chi connectivity index (χ1) is 16.0. The molecule has 0 spiro atoms. The molecule has 1 aliphatic rings. The van der Waals surface area contributed by atoms with E-state index >= 15 is 0 Å². The third kappa shape index (κ3) is 5.23. The molecule has 0 aliphatic carbocycles. The summed E-state index contributed by atoms with van der Waals surface area (Å²) in [5.41, 5.74) is 5.61. The lowest BCUT2D eigenvalue weighted by Gasteiger charge is -2.38. The van der Waals surface area contributed by atoms with Crippen LogP contribution in [0.25, 0.3) is 23.1 Å². The van der Waals surface area contributed by atoms with Crippen LogP contribution in [0.4, 0.5) is 5.69 Å². The van der Waals surface area contributed by atoms with Gasteiger partial charge in [0.15, 0.2) is 5.43 Å².